The van der Waals surface area contributed by atoms with Gasteiger partial charge in [0.2, 0.25) is 0 Å². The topological polar surface area (TPSA) is 74.1 Å². The first-order valence-corrected chi connectivity index (χ1v) is 12.7. The lowest BCUT2D eigenvalue weighted by molar-refractivity contribution is 0.102. The Bertz CT molecular complexity index is 1580. The number of fused-ring (bicyclic) bond motifs is 3. The Labute approximate surface area is 208 Å². The van der Waals surface area contributed by atoms with Crippen molar-refractivity contribution in [3.05, 3.63) is 94.2 Å². The summed E-state index contributed by atoms with van der Waals surface area (Å²) in [6.07, 6.45) is 1.68. The van der Waals surface area contributed by atoms with Gasteiger partial charge in [0.15, 0.2) is 10.9 Å². The molecule has 0 unspecified atom stereocenters. The van der Waals surface area contributed by atoms with Gasteiger partial charge in [0.1, 0.15) is 21.1 Å². The van der Waals surface area contributed by atoms with Crippen molar-refractivity contribution in [3.63, 3.8) is 0 Å². The summed E-state index contributed by atoms with van der Waals surface area (Å²) < 4.78 is 20.9. The predicted molar refractivity (Wildman–Crippen MR) is 137 cm³/mol. The Morgan fingerprint density at radius 2 is 1.89 bits per heavy atom. The summed E-state index contributed by atoms with van der Waals surface area (Å²) in [7, 11) is 0. The number of hydrogen-bond donors (Lipinski definition) is 0. The molecule has 6 nitrogen and oxygen atoms in total. The number of halogens is 1. The smallest absolute Gasteiger partial charge is 0.272 e. The summed E-state index contributed by atoms with van der Waals surface area (Å²) in [6, 6.07) is 16.7. The Hall–Kier alpha value is -3.56. The fourth-order valence-electron chi connectivity index (χ4n) is 3.68. The summed E-state index contributed by atoms with van der Waals surface area (Å²) in [5.74, 6) is 0.378. The van der Waals surface area contributed by atoms with Crippen molar-refractivity contribution in [1.82, 2.24) is 14.5 Å². The molecule has 0 fully saturated rings. The second kappa shape index (κ2) is 9.97. The highest BCUT2D eigenvalue weighted by Gasteiger charge is 2.18. The second-order valence-corrected chi connectivity index (χ2v) is 9.66. The quantitative estimate of drug-likeness (QED) is 0.156. The molecule has 9 heteroatoms. The number of thioether (sulfide) groups is 1. The van der Waals surface area contributed by atoms with Gasteiger partial charge in [0.25, 0.3) is 5.56 Å². The van der Waals surface area contributed by atoms with Gasteiger partial charge in [-0.3, -0.25) is 14.2 Å². The first-order valence-electron chi connectivity index (χ1n) is 10.9. The maximum Gasteiger partial charge on any atom is 0.272 e. The van der Waals surface area contributed by atoms with Crippen LogP contribution in [0.15, 0.2) is 76.8 Å². The van der Waals surface area contributed by atoms with Crippen molar-refractivity contribution in [1.29, 1.82) is 0 Å². The largest absolute Gasteiger partial charge is 0.494 e. The van der Waals surface area contributed by atoms with Crippen molar-refractivity contribution in [3.8, 4) is 5.75 Å². The van der Waals surface area contributed by atoms with E-state index in [-0.39, 0.29) is 29.5 Å². The number of ether oxygens (including phenoxy) is 1. The Morgan fingerprint density at radius 3 is 2.63 bits per heavy atom. The highest BCUT2D eigenvalue weighted by molar-refractivity contribution is 7.99. The minimum Gasteiger partial charge on any atom is -0.494 e. The molecule has 0 aliphatic rings. The fourth-order valence-corrected chi connectivity index (χ4v) is 5.60. The molecule has 0 saturated heterocycles. The number of carbonyl (C=O) groups excluding carboxylic acids is 1. The van der Waals surface area contributed by atoms with Crippen LogP contribution in [0.25, 0.3) is 20.4 Å². The molecule has 0 aliphatic carbocycles. The molecule has 35 heavy (non-hydrogen) atoms. The van der Waals surface area contributed by atoms with E-state index in [1.807, 2.05) is 19.1 Å². The van der Waals surface area contributed by atoms with Gasteiger partial charge < -0.3 is 4.74 Å². The number of nitrogens with zero attached hydrogens (tertiary/aromatic N) is 3. The third-order valence-electron chi connectivity index (χ3n) is 5.39. The third kappa shape index (κ3) is 4.82. The average Bonchev–Trinajstić information content (AvgIpc) is 3.25. The normalized spacial score (nSPS) is 11.3. The Morgan fingerprint density at radius 1 is 1.11 bits per heavy atom. The van der Waals surface area contributed by atoms with Crippen LogP contribution in [-0.2, 0) is 6.54 Å². The summed E-state index contributed by atoms with van der Waals surface area (Å²) >= 11 is 2.50. The molecule has 0 saturated carbocycles. The lowest BCUT2D eigenvalue weighted by atomic mass is 10.1. The third-order valence-corrected chi connectivity index (χ3v) is 7.46. The number of carbonyl (C=O) groups is 1. The van der Waals surface area contributed by atoms with E-state index in [0.29, 0.717) is 33.3 Å². The molecule has 2 aromatic carbocycles. The van der Waals surface area contributed by atoms with E-state index in [0.717, 1.165) is 15.8 Å². The molecular formula is C26H20FN3O3S2. The number of ketones is 1. The molecule has 0 spiro atoms. The first-order chi connectivity index (χ1) is 17.0. The summed E-state index contributed by atoms with van der Waals surface area (Å²) in [4.78, 5) is 36.3. The summed E-state index contributed by atoms with van der Waals surface area (Å²) in [6.45, 7) is 2.66. The zero-order valence-corrected chi connectivity index (χ0v) is 20.4. The van der Waals surface area contributed by atoms with Crippen molar-refractivity contribution in [2.45, 2.75) is 18.6 Å². The van der Waals surface area contributed by atoms with Crippen LogP contribution in [-0.4, -0.2) is 32.7 Å². The van der Waals surface area contributed by atoms with Gasteiger partial charge in [0, 0.05) is 17.1 Å². The van der Waals surface area contributed by atoms with Gasteiger partial charge in [-0.05, 0) is 61.0 Å². The van der Waals surface area contributed by atoms with Crippen LogP contribution in [0.1, 0.15) is 22.8 Å². The average molecular weight is 506 g/mol. The maximum absolute atomic E-state index is 13.5. The van der Waals surface area contributed by atoms with Crippen molar-refractivity contribution in [2.75, 3.05) is 12.4 Å². The number of rotatable bonds is 8. The molecule has 0 amide bonds. The van der Waals surface area contributed by atoms with Gasteiger partial charge in [-0.1, -0.05) is 23.9 Å². The van der Waals surface area contributed by atoms with Crippen LogP contribution in [0.4, 0.5) is 4.39 Å². The molecule has 176 valence electrons. The Kier molecular flexibility index (Phi) is 6.61. The van der Waals surface area contributed by atoms with E-state index in [9.17, 15) is 14.0 Å². The zero-order valence-electron chi connectivity index (χ0n) is 18.7. The lowest BCUT2D eigenvalue weighted by Crippen LogP contribution is -2.23. The van der Waals surface area contributed by atoms with E-state index in [1.54, 1.807) is 47.2 Å². The van der Waals surface area contributed by atoms with Gasteiger partial charge >= 0.3 is 0 Å². The molecule has 0 bridgehead atoms. The van der Waals surface area contributed by atoms with E-state index < -0.39 is 0 Å². The summed E-state index contributed by atoms with van der Waals surface area (Å²) in [5.41, 5.74) is 1.68. The number of benzene rings is 2. The molecule has 3 aromatic heterocycles. The highest BCUT2D eigenvalue weighted by Crippen LogP contribution is 2.31. The number of pyridine rings is 1. The lowest BCUT2D eigenvalue weighted by Gasteiger charge is -2.12. The van der Waals surface area contributed by atoms with Gasteiger partial charge in [0.05, 0.1) is 24.4 Å². The fraction of sp³-hybridized carbons (Fsp3) is 0.154. The minimum atomic E-state index is -0.346. The van der Waals surface area contributed by atoms with Crippen molar-refractivity contribution in [2.24, 2.45) is 0 Å². The molecule has 5 rings (SSSR count). The second-order valence-electron chi connectivity index (χ2n) is 7.72. The standard InChI is InChI=1S/C26H20FN3O3S2/c1-2-33-19-11-7-17(8-12-19)21(31)15-34-26-29-22-20-4-3-13-28-24(20)35-23(22)25(32)30(26)14-16-5-9-18(27)10-6-16/h3-13H,2,14-15H2,1H3. The van der Waals surface area contributed by atoms with E-state index in [1.165, 1.54) is 35.2 Å². The predicted octanol–water partition coefficient (Wildman–Crippen LogP) is 5.57. The number of thiophene rings is 1. The van der Waals surface area contributed by atoms with E-state index >= 15 is 0 Å². The molecular weight excluding hydrogens is 485 g/mol. The molecule has 0 radical (unpaired) electrons. The molecule has 3 heterocycles. The zero-order chi connectivity index (χ0) is 24.4. The monoisotopic (exact) mass is 505 g/mol. The van der Waals surface area contributed by atoms with Crippen LogP contribution >= 0.6 is 23.1 Å². The van der Waals surface area contributed by atoms with Crippen LogP contribution in [0, 0.1) is 5.82 Å². The number of hydrogen-bond acceptors (Lipinski definition) is 7. The molecule has 0 aliphatic heterocycles. The molecule has 5 aromatic rings. The van der Waals surface area contributed by atoms with Crippen LogP contribution < -0.4 is 10.3 Å². The van der Waals surface area contributed by atoms with E-state index in [4.69, 9.17) is 9.72 Å². The summed E-state index contributed by atoms with van der Waals surface area (Å²) in [5, 5.41) is 1.23. The van der Waals surface area contributed by atoms with Gasteiger partial charge in [-0.2, -0.15) is 0 Å². The maximum atomic E-state index is 13.5. The number of aromatic nitrogens is 3. The van der Waals surface area contributed by atoms with E-state index in [2.05, 4.69) is 4.98 Å². The van der Waals surface area contributed by atoms with Crippen LogP contribution in [0.5, 0.6) is 5.75 Å². The SMILES string of the molecule is CCOc1ccc(C(=O)CSc2nc3c(sc4ncccc43)c(=O)n2Cc2ccc(F)cc2)cc1. The van der Waals surface area contributed by atoms with Gasteiger partial charge in [-0.25, -0.2) is 14.4 Å². The Balaban J connectivity index is 1.51. The van der Waals surface area contributed by atoms with Crippen LogP contribution in [0.2, 0.25) is 0 Å². The molecule has 0 atom stereocenters. The molecule has 0 N–H and O–H groups in total. The van der Waals surface area contributed by atoms with Crippen molar-refractivity contribution < 1.29 is 13.9 Å². The highest BCUT2D eigenvalue weighted by atomic mass is 32.2. The van der Waals surface area contributed by atoms with Crippen molar-refractivity contribution >= 4 is 49.3 Å². The minimum absolute atomic E-state index is 0.0856. The van der Waals surface area contributed by atoms with Crippen LogP contribution in [0.3, 0.4) is 0 Å². The van der Waals surface area contributed by atoms with Gasteiger partial charge in [-0.15, -0.1) is 11.3 Å². The first kappa shape index (κ1) is 23.2. The number of Topliss-reactive ketones (excluding diaryl/α,β-unsaturated/α-hetero) is 1.